The normalized spacial score (nSPS) is 21.0. The summed E-state index contributed by atoms with van der Waals surface area (Å²) in [6.07, 6.45) is -0.702. The van der Waals surface area contributed by atoms with Gasteiger partial charge in [0.15, 0.2) is 5.65 Å². The maximum Gasteiger partial charge on any atom is 0.389 e. The van der Waals surface area contributed by atoms with Crippen LogP contribution in [0.2, 0.25) is 0 Å². The van der Waals surface area contributed by atoms with Gasteiger partial charge in [-0.1, -0.05) is 6.08 Å². The zero-order valence-corrected chi connectivity index (χ0v) is 21.8. The van der Waals surface area contributed by atoms with Gasteiger partial charge in [-0.05, 0) is 67.3 Å². The van der Waals surface area contributed by atoms with Crippen molar-refractivity contribution in [3.63, 3.8) is 0 Å². The minimum Gasteiger partial charge on any atom is -0.339 e. The Kier molecular flexibility index (Phi) is 6.95. The molecule has 3 aliphatic heterocycles. The molecule has 2 saturated heterocycles. The van der Waals surface area contributed by atoms with Crippen molar-refractivity contribution >= 4 is 34.7 Å². The van der Waals surface area contributed by atoms with Crippen LogP contribution in [0.4, 0.5) is 24.8 Å². The molecule has 12 heteroatoms. The van der Waals surface area contributed by atoms with E-state index in [0.29, 0.717) is 42.1 Å². The van der Waals surface area contributed by atoms with E-state index in [2.05, 4.69) is 20.7 Å². The summed E-state index contributed by atoms with van der Waals surface area (Å²) in [6, 6.07) is 11.5. The number of nitrogens with one attached hydrogen (secondary N) is 2. The van der Waals surface area contributed by atoms with E-state index in [1.54, 1.807) is 10.7 Å². The van der Waals surface area contributed by atoms with Gasteiger partial charge in [0, 0.05) is 61.7 Å². The number of pyridine rings is 1. The lowest BCUT2D eigenvalue weighted by Gasteiger charge is -2.27. The van der Waals surface area contributed by atoms with Crippen molar-refractivity contribution < 1.29 is 22.8 Å². The zero-order chi connectivity index (χ0) is 27.9. The molecule has 9 nitrogen and oxygen atoms in total. The van der Waals surface area contributed by atoms with E-state index in [1.807, 2.05) is 47.4 Å². The molecule has 0 bridgehead atoms. The molecule has 2 unspecified atom stereocenters. The van der Waals surface area contributed by atoms with E-state index in [4.69, 9.17) is 0 Å². The largest absolute Gasteiger partial charge is 0.389 e. The van der Waals surface area contributed by atoms with Crippen molar-refractivity contribution in [1.82, 2.24) is 29.7 Å². The third-order valence-corrected chi connectivity index (χ3v) is 7.93. The predicted octanol–water partition coefficient (Wildman–Crippen LogP) is 3.87. The van der Waals surface area contributed by atoms with Gasteiger partial charge in [0.25, 0.3) is 5.91 Å². The van der Waals surface area contributed by atoms with Gasteiger partial charge >= 0.3 is 6.18 Å². The van der Waals surface area contributed by atoms with E-state index in [-0.39, 0.29) is 12.5 Å². The van der Waals surface area contributed by atoms with Crippen molar-refractivity contribution in [3.05, 3.63) is 59.8 Å². The van der Waals surface area contributed by atoms with Crippen LogP contribution in [0.15, 0.2) is 48.7 Å². The number of anilines is 2. The molecule has 2 amide bonds. The highest BCUT2D eigenvalue weighted by atomic mass is 19.4. The number of hydrogen-bond acceptors (Lipinski definition) is 6. The van der Waals surface area contributed by atoms with Gasteiger partial charge in [0.05, 0.1) is 6.42 Å². The number of halogens is 3. The second kappa shape index (κ2) is 10.6. The van der Waals surface area contributed by atoms with Crippen LogP contribution in [0.25, 0.3) is 11.2 Å². The van der Waals surface area contributed by atoms with Gasteiger partial charge in [0.1, 0.15) is 0 Å². The molecule has 5 heterocycles. The Morgan fingerprint density at radius 1 is 1.10 bits per heavy atom. The molecule has 0 aliphatic carbocycles. The minimum absolute atomic E-state index is 0.0413. The first-order valence-corrected chi connectivity index (χ1v) is 13.5. The highest BCUT2D eigenvalue weighted by molar-refractivity contribution is 5.95. The molecule has 3 aliphatic rings. The quantitative estimate of drug-likeness (QED) is 0.482. The van der Waals surface area contributed by atoms with Gasteiger partial charge in [-0.2, -0.15) is 18.2 Å². The van der Waals surface area contributed by atoms with Crippen LogP contribution >= 0.6 is 0 Å². The van der Waals surface area contributed by atoms with Crippen LogP contribution in [-0.2, 0) is 4.79 Å². The Bertz CT molecular complexity index is 1440. The third-order valence-electron chi connectivity index (χ3n) is 7.93. The second-order valence-corrected chi connectivity index (χ2v) is 10.6. The molecule has 0 radical (unpaired) electrons. The molecular weight excluding hydrogens is 523 g/mol. The molecule has 1 aromatic carbocycles. The van der Waals surface area contributed by atoms with Crippen LogP contribution in [0.5, 0.6) is 0 Å². The molecule has 2 fully saturated rings. The first-order valence-electron chi connectivity index (χ1n) is 13.5. The number of nitrogens with zero attached hydrogens (tertiary/aromatic N) is 5. The number of carbonyl (C=O) groups is 2. The molecule has 2 aromatic heterocycles. The number of aromatic nitrogens is 3. The fraction of sp³-hybridized carbons (Fsp3) is 0.429. The molecule has 210 valence electrons. The Hall–Kier alpha value is -3.93. The average molecular weight is 554 g/mol. The first kappa shape index (κ1) is 26.3. The molecule has 2 atom stereocenters. The number of amides is 2. The van der Waals surface area contributed by atoms with Crippen LogP contribution in [0.1, 0.15) is 41.6 Å². The summed E-state index contributed by atoms with van der Waals surface area (Å²) in [5.74, 6) is 0.488. The average Bonchev–Trinajstić information content (AvgIpc) is 3.66. The number of carbonyl (C=O) groups excluding carboxylic acids is 2. The summed E-state index contributed by atoms with van der Waals surface area (Å²) in [5, 5.41) is 11.2. The lowest BCUT2D eigenvalue weighted by atomic mass is 10.00. The maximum atomic E-state index is 13.0. The fourth-order valence-electron chi connectivity index (χ4n) is 5.78. The van der Waals surface area contributed by atoms with E-state index in [1.165, 1.54) is 4.90 Å². The Morgan fingerprint density at radius 2 is 1.93 bits per heavy atom. The highest BCUT2D eigenvalue weighted by Gasteiger charge is 2.38. The van der Waals surface area contributed by atoms with Gasteiger partial charge in [-0.3, -0.25) is 9.59 Å². The second-order valence-electron chi connectivity index (χ2n) is 10.6. The Morgan fingerprint density at radius 3 is 2.65 bits per heavy atom. The van der Waals surface area contributed by atoms with E-state index >= 15 is 0 Å². The van der Waals surface area contributed by atoms with Gasteiger partial charge in [-0.15, -0.1) is 5.10 Å². The number of benzene rings is 1. The number of rotatable bonds is 6. The predicted molar refractivity (Wildman–Crippen MR) is 143 cm³/mol. The summed E-state index contributed by atoms with van der Waals surface area (Å²) in [5.41, 5.74) is 3.85. The Balaban J connectivity index is 1.11. The number of hydrogen-bond donors (Lipinski definition) is 2. The monoisotopic (exact) mass is 553 g/mol. The lowest BCUT2D eigenvalue weighted by molar-refractivity contribution is -0.148. The number of likely N-dealkylation sites (tertiary alicyclic amines) is 1. The molecule has 2 N–H and O–H groups in total. The van der Waals surface area contributed by atoms with Crippen LogP contribution < -0.4 is 10.6 Å². The third kappa shape index (κ3) is 5.53. The van der Waals surface area contributed by atoms with Gasteiger partial charge in [-0.25, -0.2) is 4.52 Å². The minimum atomic E-state index is -4.34. The number of alkyl halides is 3. The smallest absolute Gasteiger partial charge is 0.339 e. The SMILES string of the molecule is O=C(CCC(F)(F)F)N1CC=C(c2cccn3nc(Nc4ccc(C(=O)N5CC6CCNC6C5)cc4)nc23)CC1. The van der Waals surface area contributed by atoms with Crippen LogP contribution in [0.3, 0.4) is 0 Å². The first-order chi connectivity index (χ1) is 19.2. The molecule has 3 aromatic rings. The summed E-state index contributed by atoms with van der Waals surface area (Å²) in [4.78, 5) is 33.2. The molecule has 0 saturated carbocycles. The summed E-state index contributed by atoms with van der Waals surface area (Å²) in [6.45, 7) is 3.18. The molecule has 40 heavy (non-hydrogen) atoms. The number of fused-ring (bicyclic) bond motifs is 2. The summed E-state index contributed by atoms with van der Waals surface area (Å²) < 4.78 is 39.1. The highest BCUT2D eigenvalue weighted by Crippen LogP contribution is 2.29. The van der Waals surface area contributed by atoms with Crippen molar-refractivity contribution in [1.29, 1.82) is 0 Å². The van der Waals surface area contributed by atoms with E-state index < -0.39 is 24.9 Å². The van der Waals surface area contributed by atoms with Gasteiger partial charge < -0.3 is 20.4 Å². The van der Waals surface area contributed by atoms with Crippen LogP contribution in [-0.4, -0.2) is 81.2 Å². The topological polar surface area (TPSA) is 94.9 Å². The van der Waals surface area contributed by atoms with Crippen molar-refractivity contribution in [2.45, 2.75) is 37.9 Å². The molecular formula is C28H30F3N7O2. The van der Waals surface area contributed by atoms with Gasteiger partial charge in [0.2, 0.25) is 11.9 Å². The molecule has 6 rings (SSSR count). The standard InChI is InChI=1S/C28H30F3N7O2/c29-28(30,31)11-7-24(39)36-14-9-18(10-15-36)22-2-1-13-38-25(22)34-27(35-38)33-21-5-3-19(4-6-21)26(40)37-16-20-8-12-32-23(20)17-37/h1-6,9,13,20,23,32H,7-8,10-12,14-17H2,(H,33,35). The Labute approximate surface area is 229 Å². The zero-order valence-electron chi connectivity index (χ0n) is 21.8. The maximum absolute atomic E-state index is 13.0. The van der Waals surface area contributed by atoms with E-state index in [0.717, 1.165) is 42.9 Å². The molecule has 0 spiro atoms. The summed E-state index contributed by atoms with van der Waals surface area (Å²) >= 11 is 0. The van der Waals surface area contributed by atoms with Crippen molar-refractivity contribution in [2.24, 2.45) is 5.92 Å². The van der Waals surface area contributed by atoms with Crippen LogP contribution in [0, 0.1) is 5.92 Å². The van der Waals surface area contributed by atoms with Crippen molar-refractivity contribution in [3.8, 4) is 0 Å². The summed E-state index contributed by atoms with van der Waals surface area (Å²) in [7, 11) is 0. The fourth-order valence-corrected chi connectivity index (χ4v) is 5.78. The lowest BCUT2D eigenvalue weighted by Crippen LogP contribution is -2.35. The van der Waals surface area contributed by atoms with E-state index in [9.17, 15) is 22.8 Å². The van der Waals surface area contributed by atoms with Crippen molar-refractivity contribution in [2.75, 3.05) is 38.0 Å².